The van der Waals surface area contributed by atoms with Crippen LogP contribution in [0, 0.1) is 6.92 Å². The highest BCUT2D eigenvalue weighted by Crippen LogP contribution is 2.25. The Hall–Kier alpha value is -4.22. The first kappa shape index (κ1) is 26.8. The van der Waals surface area contributed by atoms with Crippen molar-refractivity contribution in [2.24, 2.45) is 0 Å². The summed E-state index contributed by atoms with van der Waals surface area (Å²) in [6, 6.07) is 8.37. The number of aryl methyl sites for hydroxylation is 1. The highest BCUT2D eigenvalue weighted by molar-refractivity contribution is 5.84. The van der Waals surface area contributed by atoms with Crippen LogP contribution in [-0.2, 0) is 31.9 Å². The quantitative estimate of drug-likeness (QED) is 0.415. The second-order valence-corrected chi connectivity index (χ2v) is 8.87. The summed E-state index contributed by atoms with van der Waals surface area (Å²) in [5.74, 6) is 0.336. The van der Waals surface area contributed by atoms with Gasteiger partial charge < -0.3 is 24.6 Å². The van der Waals surface area contributed by atoms with Gasteiger partial charge in [0.1, 0.15) is 18.2 Å². The number of esters is 2. The van der Waals surface area contributed by atoms with Gasteiger partial charge in [-0.3, -0.25) is 4.79 Å². The summed E-state index contributed by atoms with van der Waals surface area (Å²) in [6.07, 6.45) is 1.81. The Morgan fingerprint density at radius 1 is 1.03 bits per heavy atom. The van der Waals surface area contributed by atoms with Crippen molar-refractivity contribution in [2.45, 2.75) is 39.7 Å². The van der Waals surface area contributed by atoms with E-state index < -0.39 is 12.0 Å². The van der Waals surface area contributed by atoms with Gasteiger partial charge in [0.05, 0.1) is 19.6 Å². The maximum atomic E-state index is 13.1. The molecule has 202 valence electrons. The zero-order valence-corrected chi connectivity index (χ0v) is 21.9. The van der Waals surface area contributed by atoms with E-state index in [9.17, 15) is 14.4 Å². The van der Waals surface area contributed by atoms with E-state index in [1.165, 1.54) is 6.33 Å². The lowest BCUT2D eigenvalue weighted by molar-refractivity contribution is -0.145. The third-order valence-electron chi connectivity index (χ3n) is 6.35. The minimum Gasteiger partial charge on any atom is -0.466 e. The molecule has 1 aliphatic heterocycles. The van der Waals surface area contributed by atoms with Crippen LogP contribution in [0.25, 0.3) is 5.78 Å². The molecule has 2 amide bonds. The molecule has 38 heavy (non-hydrogen) atoms. The van der Waals surface area contributed by atoms with Gasteiger partial charge in [0.15, 0.2) is 0 Å². The summed E-state index contributed by atoms with van der Waals surface area (Å²) in [7, 11) is 0. The van der Waals surface area contributed by atoms with E-state index in [0.29, 0.717) is 55.5 Å². The highest BCUT2D eigenvalue weighted by atomic mass is 16.5. The van der Waals surface area contributed by atoms with Crippen LogP contribution < -0.4 is 10.2 Å². The summed E-state index contributed by atoms with van der Waals surface area (Å²) in [5, 5.41) is 7.18. The van der Waals surface area contributed by atoms with Crippen LogP contribution in [0.4, 0.5) is 10.6 Å². The lowest BCUT2D eigenvalue weighted by Gasteiger charge is -2.37. The van der Waals surface area contributed by atoms with E-state index in [1.54, 1.807) is 23.3 Å². The first-order chi connectivity index (χ1) is 18.4. The molecule has 3 heterocycles. The van der Waals surface area contributed by atoms with Crippen molar-refractivity contribution in [1.29, 1.82) is 0 Å². The molecule has 1 N–H and O–H groups in total. The third-order valence-corrected chi connectivity index (χ3v) is 6.35. The number of aromatic nitrogens is 4. The molecule has 12 heteroatoms. The van der Waals surface area contributed by atoms with Crippen molar-refractivity contribution in [3.8, 4) is 0 Å². The SMILES string of the molecule is CCOC(=O)Cc1c(C)nc2ncnn2c1N1CCN(C(=O)NC(Cc2ccccc2)C(=O)OCC)CC1. The van der Waals surface area contributed by atoms with Gasteiger partial charge >= 0.3 is 18.0 Å². The van der Waals surface area contributed by atoms with Gasteiger partial charge in [0, 0.05) is 43.9 Å². The molecular weight excluding hydrogens is 490 g/mol. The van der Waals surface area contributed by atoms with Crippen LogP contribution in [0.2, 0.25) is 0 Å². The summed E-state index contributed by atoms with van der Waals surface area (Å²) in [4.78, 5) is 50.5. The molecule has 0 radical (unpaired) electrons. The number of hydrogen-bond donors (Lipinski definition) is 1. The number of nitrogens with zero attached hydrogens (tertiary/aromatic N) is 6. The molecule has 1 atom stereocenters. The van der Waals surface area contributed by atoms with Crippen molar-refractivity contribution in [1.82, 2.24) is 29.8 Å². The molecule has 3 aromatic rings. The summed E-state index contributed by atoms with van der Waals surface area (Å²) >= 11 is 0. The van der Waals surface area contributed by atoms with E-state index in [-0.39, 0.29) is 31.6 Å². The minimum absolute atomic E-state index is 0.0548. The van der Waals surface area contributed by atoms with Crippen molar-refractivity contribution >= 4 is 29.6 Å². The fraction of sp³-hybridized carbons (Fsp3) is 0.462. The standard InChI is InChI=1S/C26H33N7O5/c1-4-37-22(34)16-20-18(3)29-25-27-17-28-33(25)23(20)31-11-13-32(14-12-31)26(36)30-21(24(35)38-5-2)15-19-9-7-6-8-10-19/h6-10,17,21H,4-5,11-16H2,1-3H3,(H,30,36). The number of rotatable bonds is 9. The number of anilines is 1. The van der Waals surface area contributed by atoms with Crippen molar-refractivity contribution in [2.75, 3.05) is 44.3 Å². The Kier molecular flexibility index (Phi) is 8.72. The number of nitrogens with one attached hydrogen (secondary N) is 1. The number of ether oxygens (including phenoxy) is 2. The second kappa shape index (κ2) is 12.3. The average Bonchev–Trinajstić information content (AvgIpc) is 3.37. The van der Waals surface area contributed by atoms with Gasteiger partial charge in [-0.05, 0) is 26.3 Å². The first-order valence-electron chi connectivity index (χ1n) is 12.8. The average molecular weight is 524 g/mol. The zero-order chi connectivity index (χ0) is 27.1. The zero-order valence-electron chi connectivity index (χ0n) is 21.9. The van der Waals surface area contributed by atoms with Gasteiger partial charge in [0.25, 0.3) is 5.78 Å². The van der Waals surface area contributed by atoms with Crippen LogP contribution in [0.15, 0.2) is 36.7 Å². The van der Waals surface area contributed by atoms with Crippen LogP contribution in [0.5, 0.6) is 0 Å². The molecule has 12 nitrogen and oxygen atoms in total. The second-order valence-electron chi connectivity index (χ2n) is 8.87. The Morgan fingerprint density at radius 2 is 1.74 bits per heavy atom. The van der Waals surface area contributed by atoms with E-state index >= 15 is 0 Å². The summed E-state index contributed by atoms with van der Waals surface area (Å²) < 4.78 is 12.0. The Labute approximate surface area is 220 Å². The number of amides is 2. The van der Waals surface area contributed by atoms with E-state index in [1.807, 2.05) is 37.3 Å². The maximum Gasteiger partial charge on any atom is 0.329 e. The molecule has 0 bridgehead atoms. The normalized spacial score (nSPS) is 14.3. The first-order valence-corrected chi connectivity index (χ1v) is 12.8. The van der Waals surface area contributed by atoms with Gasteiger partial charge in [-0.25, -0.2) is 14.6 Å². The molecular formula is C26H33N7O5. The molecule has 1 saturated heterocycles. The number of hydrogen-bond acceptors (Lipinski definition) is 9. The predicted molar refractivity (Wildman–Crippen MR) is 139 cm³/mol. The van der Waals surface area contributed by atoms with E-state index in [2.05, 4.69) is 25.3 Å². The Morgan fingerprint density at radius 3 is 2.42 bits per heavy atom. The number of fused-ring (bicyclic) bond motifs is 1. The topological polar surface area (TPSA) is 131 Å². The molecule has 1 aromatic carbocycles. The molecule has 1 aliphatic rings. The van der Waals surface area contributed by atoms with Crippen LogP contribution in [-0.4, -0.2) is 87.9 Å². The monoisotopic (exact) mass is 523 g/mol. The molecule has 0 saturated carbocycles. The molecule has 1 fully saturated rings. The molecule has 0 aliphatic carbocycles. The molecule has 4 rings (SSSR count). The lowest BCUT2D eigenvalue weighted by Crippen LogP contribution is -2.55. The van der Waals surface area contributed by atoms with Crippen molar-refractivity contribution < 1.29 is 23.9 Å². The maximum absolute atomic E-state index is 13.1. The fourth-order valence-corrected chi connectivity index (χ4v) is 4.50. The summed E-state index contributed by atoms with van der Waals surface area (Å²) in [6.45, 7) is 7.65. The minimum atomic E-state index is -0.795. The smallest absolute Gasteiger partial charge is 0.329 e. The van der Waals surface area contributed by atoms with Gasteiger partial charge in [-0.15, -0.1) is 0 Å². The fourth-order valence-electron chi connectivity index (χ4n) is 4.50. The van der Waals surface area contributed by atoms with Crippen molar-refractivity contribution in [3.63, 3.8) is 0 Å². The molecule has 0 spiro atoms. The van der Waals surface area contributed by atoms with E-state index in [4.69, 9.17) is 9.47 Å². The molecule has 2 aromatic heterocycles. The number of carbonyl (C=O) groups excluding carboxylic acids is 3. The van der Waals surface area contributed by atoms with Crippen molar-refractivity contribution in [3.05, 3.63) is 53.5 Å². The predicted octanol–water partition coefficient (Wildman–Crippen LogP) is 1.54. The Balaban J connectivity index is 1.47. The third kappa shape index (κ3) is 6.18. The van der Waals surface area contributed by atoms with Gasteiger partial charge in [-0.1, -0.05) is 30.3 Å². The Bertz CT molecular complexity index is 1270. The van der Waals surface area contributed by atoms with Crippen LogP contribution in [0.1, 0.15) is 30.7 Å². The molecule has 1 unspecified atom stereocenters. The number of urea groups is 1. The number of piperazine rings is 1. The van der Waals surface area contributed by atoms with Gasteiger partial charge in [-0.2, -0.15) is 14.6 Å². The largest absolute Gasteiger partial charge is 0.466 e. The number of carbonyl (C=O) groups is 3. The lowest BCUT2D eigenvalue weighted by atomic mass is 10.1. The van der Waals surface area contributed by atoms with E-state index in [0.717, 1.165) is 5.56 Å². The van der Waals surface area contributed by atoms with Crippen LogP contribution >= 0.6 is 0 Å². The number of benzene rings is 1. The van der Waals surface area contributed by atoms with Crippen LogP contribution in [0.3, 0.4) is 0 Å². The van der Waals surface area contributed by atoms with Gasteiger partial charge in [0.2, 0.25) is 0 Å². The summed E-state index contributed by atoms with van der Waals surface area (Å²) in [5.41, 5.74) is 2.31. The highest BCUT2D eigenvalue weighted by Gasteiger charge is 2.30.